The number of phenolic OH excluding ortho intramolecular Hbond substituents is 1. The molecule has 0 unspecified atom stereocenters. The Hall–Kier alpha value is -1.28. The molecule has 0 fully saturated rings. The van der Waals surface area contributed by atoms with Crippen molar-refractivity contribution in [3.63, 3.8) is 0 Å². The third-order valence-corrected chi connectivity index (χ3v) is 4.09. The highest BCUT2D eigenvalue weighted by atomic mass is 32.2. The summed E-state index contributed by atoms with van der Waals surface area (Å²) in [6.45, 7) is -0.665. The summed E-state index contributed by atoms with van der Waals surface area (Å²) in [5.74, 6) is -0.264. The van der Waals surface area contributed by atoms with Crippen LogP contribution in [0.2, 0.25) is 0 Å². The average molecular weight is 283 g/mol. The van der Waals surface area contributed by atoms with Crippen LogP contribution in [0.4, 0.5) is 13.2 Å². The first-order chi connectivity index (χ1) is 8.13. The number of aromatic hydroxyl groups is 1. The third-order valence-electron chi connectivity index (χ3n) is 2.24. The fourth-order valence-electron chi connectivity index (χ4n) is 1.23. The molecule has 0 amide bonds. The molecule has 4 nitrogen and oxygen atoms in total. The number of nitrogens with zero attached hydrogens (tertiary/aromatic N) is 1. The monoisotopic (exact) mass is 283 g/mol. The van der Waals surface area contributed by atoms with Gasteiger partial charge in [-0.1, -0.05) is 6.07 Å². The Morgan fingerprint density at radius 1 is 1.33 bits per heavy atom. The Bertz CT molecular complexity index is 513. The predicted molar refractivity (Wildman–Crippen MR) is 58.6 cm³/mol. The Kier molecular flexibility index (Phi) is 4.23. The molecule has 0 aromatic heterocycles. The van der Waals surface area contributed by atoms with E-state index in [4.69, 9.17) is 5.11 Å². The lowest BCUT2D eigenvalue weighted by Crippen LogP contribution is -2.30. The van der Waals surface area contributed by atoms with E-state index in [0.717, 1.165) is 13.1 Å². The van der Waals surface area contributed by atoms with Crippen LogP contribution in [0, 0.1) is 0 Å². The first kappa shape index (κ1) is 14.8. The molecule has 102 valence electrons. The zero-order valence-electron chi connectivity index (χ0n) is 9.48. The van der Waals surface area contributed by atoms with Gasteiger partial charge in [0.15, 0.2) is 0 Å². The minimum absolute atomic E-state index is 0.243. The first-order valence-electron chi connectivity index (χ1n) is 4.95. The highest BCUT2D eigenvalue weighted by Crippen LogP contribution is 2.23. The van der Waals surface area contributed by atoms with E-state index in [0.29, 0.717) is 4.31 Å². The molecule has 1 aromatic carbocycles. The molecule has 0 aliphatic heterocycles. The van der Waals surface area contributed by atoms with E-state index in [2.05, 4.69) is 0 Å². The Morgan fingerprint density at radius 2 is 1.94 bits per heavy atom. The minimum Gasteiger partial charge on any atom is -0.508 e. The van der Waals surface area contributed by atoms with Crippen LogP contribution in [0.5, 0.6) is 5.75 Å². The molecular weight excluding hydrogens is 271 g/mol. The van der Waals surface area contributed by atoms with Gasteiger partial charge in [0.1, 0.15) is 5.75 Å². The standard InChI is InChI=1S/C10H12F3NO3S/c1-14(6-5-10(11,12)13)18(16,17)9-4-2-3-8(15)7-9/h2-4,7,15H,5-6H2,1H3. The zero-order valence-corrected chi connectivity index (χ0v) is 10.3. The molecule has 0 saturated heterocycles. The molecule has 0 saturated carbocycles. The third kappa shape index (κ3) is 3.88. The number of alkyl halides is 3. The quantitative estimate of drug-likeness (QED) is 0.919. The molecule has 8 heteroatoms. The fourth-order valence-corrected chi connectivity index (χ4v) is 2.44. The Labute approximate surface area is 103 Å². The molecule has 0 aliphatic carbocycles. The van der Waals surface area contributed by atoms with Gasteiger partial charge >= 0.3 is 6.18 Å². The van der Waals surface area contributed by atoms with Crippen molar-refractivity contribution in [1.29, 1.82) is 0 Å². The van der Waals surface area contributed by atoms with E-state index in [1.807, 2.05) is 0 Å². The Morgan fingerprint density at radius 3 is 2.44 bits per heavy atom. The number of halogens is 3. The molecule has 0 spiro atoms. The summed E-state index contributed by atoms with van der Waals surface area (Å²) in [7, 11) is -2.95. The van der Waals surface area contributed by atoms with Crippen molar-refractivity contribution in [2.75, 3.05) is 13.6 Å². The smallest absolute Gasteiger partial charge is 0.390 e. The molecule has 0 aliphatic rings. The summed E-state index contributed by atoms with van der Waals surface area (Å²) in [6, 6.07) is 4.77. The zero-order chi connectivity index (χ0) is 14.0. The van der Waals surface area contributed by atoms with Crippen LogP contribution < -0.4 is 0 Å². The first-order valence-corrected chi connectivity index (χ1v) is 6.39. The van der Waals surface area contributed by atoms with Gasteiger partial charge < -0.3 is 5.11 Å². The van der Waals surface area contributed by atoms with Crippen LogP contribution in [0.1, 0.15) is 6.42 Å². The number of hydrogen-bond acceptors (Lipinski definition) is 3. The van der Waals surface area contributed by atoms with Crippen molar-refractivity contribution in [2.24, 2.45) is 0 Å². The molecule has 0 heterocycles. The highest BCUT2D eigenvalue weighted by molar-refractivity contribution is 7.89. The van der Waals surface area contributed by atoms with Gasteiger partial charge in [0.05, 0.1) is 11.3 Å². The second-order valence-corrected chi connectivity index (χ2v) is 5.73. The van der Waals surface area contributed by atoms with Gasteiger partial charge in [-0.15, -0.1) is 0 Å². The number of phenols is 1. The molecule has 0 atom stereocenters. The molecule has 0 radical (unpaired) electrons. The van der Waals surface area contributed by atoms with Gasteiger partial charge in [-0.05, 0) is 18.2 Å². The summed E-state index contributed by atoms with van der Waals surface area (Å²) in [6.07, 6.45) is -5.63. The number of rotatable bonds is 4. The summed E-state index contributed by atoms with van der Waals surface area (Å²) < 4.78 is 60.3. The summed E-state index contributed by atoms with van der Waals surface area (Å²) >= 11 is 0. The largest absolute Gasteiger partial charge is 0.508 e. The van der Waals surface area contributed by atoms with Crippen molar-refractivity contribution in [2.45, 2.75) is 17.5 Å². The minimum atomic E-state index is -4.41. The lowest BCUT2D eigenvalue weighted by Gasteiger charge is -2.18. The van der Waals surface area contributed by atoms with Gasteiger partial charge in [0, 0.05) is 13.6 Å². The van der Waals surface area contributed by atoms with Gasteiger partial charge in [0.25, 0.3) is 0 Å². The molecule has 1 N–H and O–H groups in total. The van der Waals surface area contributed by atoms with Gasteiger partial charge in [-0.2, -0.15) is 13.2 Å². The van der Waals surface area contributed by atoms with Crippen molar-refractivity contribution in [3.8, 4) is 5.75 Å². The fraction of sp³-hybridized carbons (Fsp3) is 0.400. The maximum atomic E-state index is 12.0. The van der Waals surface area contributed by atoms with E-state index >= 15 is 0 Å². The van der Waals surface area contributed by atoms with E-state index in [1.54, 1.807) is 0 Å². The van der Waals surface area contributed by atoms with E-state index in [1.165, 1.54) is 18.2 Å². The van der Waals surface area contributed by atoms with Crippen LogP contribution >= 0.6 is 0 Å². The van der Waals surface area contributed by atoms with E-state index in [9.17, 15) is 21.6 Å². The number of benzene rings is 1. The topological polar surface area (TPSA) is 57.6 Å². The summed E-state index contributed by atoms with van der Waals surface area (Å²) in [4.78, 5) is -0.243. The normalized spacial score (nSPS) is 12.9. The lowest BCUT2D eigenvalue weighted by molar-refractivity contribution is -0.135. The van der Waals surface area contributed by atoms with Crippen LogP contribution in [0.3, 0.4) is 0 Å². The predicted octanol–water partition coefficient (Wildman–Crippen LogP) is 1.97. The highest BCUT2D eigenvalue weighted by Gasteiger charge is 2.30. The van der Waals surface area contributed by atoms with Crippen LogP contribution in [-0.4, -0.2) is 37.6 Å². The molecule has 0 bridgehead atoms. The average Bonchev–Trinajstić information content (AvgIpc) is 2.24. The van der Waals surface area contributed by atoms with Gasteiger partial charge in [0.2, 0.25) is 10.0 Å². The number of hydrogen-bond donors (Lipinski definition) is 1. The maximum absolute atomic E-state index is 12.0. The number of sulfonamides is 1. The van der Waals surface area contributed by atoms with E-state index < -0.39 is 29.2 Å². The second-order valence-electron chi connectivity index (χ2n) is 3.69. The van der Waals surface area contributed by atoms with Crippen LogP contribution in [0.15, 0.2) is 29.2 Å². The summed E-state index contributed by atoms with van der Waals surface area (Å²) in [5, 5.41) is 9.15. The van der Waals surface area contributed by atoms with Gasteiger partial charge in [-0.25, -0.2) is 12.7 Å². The van der Waals surface area contributed by atoms with Crippen molar-refractivity contribution in [3.05, 3.63) is 24.3 Å². The Balaban J connectivity index is 2.87. The SMILES string of the molecule is CN(CCC(F)(F)F)S(=O)(=O)c1cccc(O)c1. The van der Waals surface area contributed by atoms with Crippen molar-refractivity contribution < 1.29 is 26.7 Å². The van der Waals surface area contributed by atoms with E-state index in [-0.39, 0.29) is 10.6 Å². The van der Waals surface area contributed by atoms with Crippen LogP contribution in [0.25, 0.3) is 0 Å². The second kappa shape index (κ2) is 5.15. The molecular formula is C10H12F3NO3S. The van der Waals surface area contributed by atoms with Crippen LogP contribution in [-0.2, 0) is 10.0 Å². The van der Waals surface area contributed by atoms with Crippen molar-refractivity contribution >= 4 is 10.0 Å². The molecule has 1 rings (SSSR count). The van der Waals surface area contributed by atoms with Gasteiger partial charge in [-0.3, -0.25) is 0 Å². The molecule has 1 aromatic rings. The van der Waals surface area contributed by atoms with Crippen molar-refractivity contribution in [1.82, 2.24) is 4.31 Å². The maximum Gasteiger partial charge on any atom is 0.390 e. The molecule has 18 heavy (non-hydrogen) atoms. The summed E-state index contributed by atoms with van der Waals surface area (Å²) in [5.41, 5.74) is 0. The lowest BCUT2D eigenvalue weighted by atomic mass is 10.3.